The van der Waals surface area contributed by atoms with E-state index in [1.165, 1.54) is 0 Å². The van der Waals surface area contributed by atoms with Crippen molar-refractivity contribution in [2.45, 2.75) is 25.1 Å². The lowest BCUT2D eigenvalue weighted by atomic mass is 10.2. The van der Waals surface area contributed by atoms with Gasteiger partial charge in [0.15, 0.2) is 0 Å². The van der Waals surface area contributed by atoms with E-state index in [2.05, 4.69) is 10.3 Å². The predicted molar refractivity (Wildman–Crippen MR) is 66.0 cm³/mol. The molecule has 0 bridgehead atoms. The summed E-state index contributed by atoms with van der Waals surface area (Å²) in [6.45, 7) is 0. The van der Waals surface area contributed by atoms with Crippen molar-refractivity contribution in [1.82, 2.24) is 21.2 Å². The molecule has 0 saturated heterocycles. The average molecular weight is 316 g/mol. The van der Waals surface area contributed by atoms with E-state index in [0.717, 1.165) is 18.9 Å². The van der Waals surface area contributed by atoms with Crippen molar-refractivity contribution in [2.24, 2.45) is 0 Å². The van der Waals surface area contributed by atoms with Gasteiger partial charge < -0.3 is 5.32 Å². The Morgan fingerprint density at radius 2 is 1.77 bits per heavy atom. The monoisotopic (exact) mass is 316 g/mol. The molecule has 0 atom stereocenters. The molecule has 0 spiro atoms. The second-order valence-corrected chi connectivity index (χ2v) is 4.59. The Bertz CT molecular complexity index is 597. The molecule has 10 heteroatoms. The first-order chi connectivity index (χ1) is 10.3. The summed E-state index contributed by atoms with van der Waals surface area (Å²) in [6.07, 6.45) is -2.30. The normalized spacial score (nSPS) is 14.1. The van der Waals surface area contributed by atoms with Gasteiger partial charge in [-0.3, -0.25) is 30.2 Å². The summed E-state index contributed by atoms with van der Waals surface area (Å²) in [4.78, 5) is 37.3. The molecule has 1 heterocycles. The van der Waals surface area contributed by atoms with Gasteiger partial charge in [0, 0.05) is 12.2 Å². The number of alkyl halides is 3. The largest absolute Gasteiger partial charge is 0.433 e. The number of hydrogen-bond donors (Lipinski definition) is 3. The number of halogens is 3. The van der Waals surface area contributed by atoms with E-state index in [0.29, 0.717) is 12.3 Å². The maximum absolute atomic E-state index is 12.3. The van der Waals surface area contributed by atoms with E-state index < -0.39 is 29.6 Å². The third-order valence-electron chi connectivity index (χ3n) is 2.72. The van der Waals surface area contributed by atoms with Crippen molar-refractivity contribution in [3.05, 3.63) is 29.6 Å². The van der Waals surface area contributed by atoms with Crippen molar-refractivity contribution < 1.29 is 27.6 Å². The zero-order chi connectivity index (χ0) is 16.3. The lowest BCUT2D eigenvalue weighted by molar-refractivity contribution is -0.141. The summed E-state index contributed by atoms with van der Waals surface area (Å²) in [6, 6.07) is 1.52. The molecule has 2 rings (SSSR count). The SMILES string of the molecule is O=C(NNC(=O)c1ccc(C(F)(F)F)nc1)C(=O)NC1CC1. The molecule has 1 aliphatic carbocycles. The Morgan fingerprint density at radius 1 is 1.09 bits per heavy atom. The summed E-state index contributed by atoms with van der Waals surface area (Å²) >= 11 is 0. The standard InChI is InChI=1S/C12H11F3N4O3/c13-12(14,15)8-4-1-6(5-16-8)9(20)18-19-11(22)10(21)17-7-2-3-7/h1,4-5,7H,2-3H2,(H,17,21)(H,18,20)(H,19,22). The van der Waals surface area contributed by atoms with Crippen LogP contribution in [0.3, 0.4) is 0 Å². The number of amides is 3. The molecule has 0 aromatic carbocycles. The van der Waals surface area contributed by atoms with Gasteiger partial charge in [-0.15, -0.1) is 0 Å². The highest BCUT2D eigenvalue weighted by Crippen LogP contribution is 2.27. The molecular weight excluding hydrogens is 305 g/mol. The Balaban J connectivity index is 1.86. The zero-order valence-corrected chi connectivity index (χ0v) is 11.0. The minimum atomic E-state index is -4.61. The molecule has 1 aromatic rings. The van der Waals surface area contributed by atoms with E-state index in [4.69, 9.17) is 0 Å². The van der Waals surface area contributed by atoms with Crippen LogP contribution in [0.25, 0.3) is 0 Å². The molecule has 1 saturated carbocycles. The predicted octanol–water partition coefficient (Wildman–Crippen LogP) is 0.140. The summed E-state index contributed by atoms with van der Waals surface area (Å²) in [5.74, 6) is -2.86. The third-order valence-corrected chi connectivity index (χ3v) is 2.72. The number of hydrogen-bond acceptors (Lipinski definition) is 4. The second kappa shape index (κ2) is 6.00. The van der Waals surface area contributed by atoms with Crippen molar-refractivity contribution in [3.8, 4) is 0 Å². The fourth-order valence-corrected chi connectivity index (χ4v) is 1.42. The van der Waals surface area contributed by atoms with Gasteiger partial charge >= 0.3 is 18.0 Å². The maximum atomic E-state index is 12.3. The first-order valence-electron chi connectivity index (χ1n) is 6.22. The van der Waals surface area contributed by atoms with Gasteiger partial charge in [-0.2, -0.15) is 13.2 Å². The van der Waals surface area contributed by atoms with E-state index in [-0.39, 0.29) is 11.6 Å². The molecule has 0 aliphatic heterocycles. The molecule has 1 aromatic heterocycles. The Hall–Kier alpha value is -2.65. The number of nitrogens with one attached hydrogen (secondary N) is 3. The van der Waals surface area contributed by atoms with E-state index in [1.54, 1.807) is 0 Å². The topological polar surface area (TPSA) is 100 Å². The molecule has 1 aliphatic rings. The van der Waals surface area contributed by atoms with Crippen LogP contribution in [0.4, 0.5) is 13.2 Å². The quantitative estimate of drug-likeness (QED) is 0.534. The fourth-order valence-electron chi connectivity index (χ4n) is 1.42. The van der Waals surface area contributed by atoms with E-state index >= 15 is 0 Å². The van der Waals surface area contributed by atoms with Crippen molar-refractivity contribution >= 4 is 17.7 Å². The van der Waals surface area contributed by atoms with Gasteiger partial charge in [0.1, 0.15) is 5.69 Å². The van der Waals surface area contributed by atoms with Crippen LogP contribution in [-0.4, -0.2) is 28.7 Å². The molecule has 1 fully saturated rings. The highest BCUT2D eigenvalue weighted by atomic mass is 19.4. The van der Waals surface area contributed by atoms with Gasteiger partial charge in [0.2, 0.25) is 0 Å². The van der Waals surface area contributed by atoms with Gasteiger partial charge in [0.25, 0.3) is 5.91 Å². The smallest absolute Gasteiger partial charge is 0.345 e. The van der Waals surface area contributed by atoms with Crippen LogP contribution in [0.2, 0.25) is 0 Å². The van der Waals surface area contributed by atoms with Gasteiger partial charge in [-0.1, -0.05) is 0 Å². The molecule has 0 radical (unpaired) electrons. The van der Waals surface area contributed by atoms with Crippen LogP contribution in [-0.2, 0) is 15.8 Å². The molecule has 3 N–H and O–H groups in total. The van der Waals surface area contributed by atoms with Crippen LogP contribution >= 0.6 is 0 Å². The Labute approximate surface area is 122 Å². The van der Waals surface area contributed by atoms with E-state index in [1.807, 2.05) is 10.9 Å². The average Bonchev–Trinajstić information content (AvgIpc) is 3.27. The van der Waals surface area contributed by atoms with Crippen LogP contribution < -0.4 is 16.2 Å². The number of aromatic nitrogens is 1. The zero-order valence-electron chi connectivity index (χ0n) is 11.0. The van der Waals surface area contributed by atoms with Gasteiger partial charge in [0.05, 0.1) is 5.56 Å². The summed E-state index contributed by atoms with van der Waals surface area (Å²) < 4.78 is 36.9. The Kier molecular flexibility index (Phi) is 4.29. The molecule has 118 valence electrons. The second-order valence-electron chi connectivity index (χ2n) is 4.59. The molecule has 22 heavy (non-hydrogen) atoms. The summed E-state index contributed by atoms with van der Waals surface area (Å²) in [5.41, 5.74) is 2.43. The molecular formula is C12H11F3N4O3. The maximum Gasteiger partial charge on any atom is 0.433 e. The van der Waals surface area contributed by atoms with Crippen molar-refractivity contribution in [2.75, 3.05) is 0 Å². The van der Waals surface area contributed by atoms with Crippen molar-refractivity contribution in [1.29, 1.82) is 0 Å². The number of nitrogens with zero attached hydrogens (tertiary/aromatic N) is 1. The third kappa shape index (κ3) is 4.17. The van der Waals surface area contributed by atoms with Crippen molar-refractivity contribution in [3.63, 3.8) is 0 Å². The fraction of sp³-hybridized carbons (Fsp3) is 0.333. The lowest BCUT2D eigenvalue weighted by Crippen LogP contribution is -2.49. The minimum absolute atomic E-state index is 0.0203. The van der Waals surface area contributed by atoms with Crippen LogP contribution in [0.5, 0.6) is 0 Å². The highest BCUT2D eigenvalue weighted by Gasteiger charge is 2.32. The molecule has 0 unspecified atom stereocenters. The number of carbonyl (C=O) groups excluding carboxylic acids is 3. The highest BCUT2D eigenvalue weighted by molar-refractivity contribution is 6.35. The van der Waals surface area contributed by atoms with Crippen LogP contribution in [0.1, 0.15) is 28.9 Å². The van der Waals surface area contributed by atoms with Crippen LogP contribution in [0.15, 0.2) is 18.3 Å². The first kappa shape index (κ1) is 15.7. The number of hydrazine groups is 1. The number of carbonyl (C=O) groups is 3. The van der Waals surface area contributed by atoms with E-state index in [9.17, 15) is 27.6 Å². The number of rotatable bonds is 2. The lowest BCUT2D eigenvalue weighted by Gasteiger charge is -2.08. The Morgan fingerprint density at radius 3 is 2.27 bits per heavy atom. The van der Waals surface area contributed by atoms with Gasteiger partial charge in [-0.05, 0) is 25.0 Å². The summed E-state index contributed by atoms with van der Waals surface area (Å²) in [5, 5.41) is 2.40. The minimum Gasteiger partial charge on any atom is -0.345 e. The van der Waals surface area contributed by atoms with Gasteiger partial charge in [-0.25, -0.2) is 0 Å². The molecule has 7 nitrogen and oxygen atoms in total. The van der Waals surface area contributed by atoms with Crippen LogP contribution in [0, 0.1) is 0 Å². The summed E-state index contributed by atoms with van der Waals surface area (Å²) in [7, 11) is 0. The first-order valence-corrected chi connectivity index (χ1v) is 6.22. The number of pyridine rings is 1. The molecule has 3 amide bonds.